The Balaban J connectivity index is 1.90. The molecule has 2 aromatic carbocycles. The number of carbonyl (C=O) groups excluding carboxylic acids is 1. The third kappa shape index (κ3) is 4.36. The minimum atomic E-state index is 0.0189. The maximum absolute atomic E-state index is 11.9. The van der Waals surface area contributed by atoms with Gasteiger partial charge in [-0.05, 0) is 54.8 Å². The highest BCUT2D eigenvalue weighted by atomic mass is 79.9. The molecule has 0 aliphatic rings. The Morgan fingerprint density at radius 2 is 1.90 bits per heavy atom. The zero-order chi connectivity index (χ0) is 14.5. The van der Waals surface area contributed by atoms with E-state index in [-0.39, 0.29) is 5.91 Å². The van der Waals surface area contributed by atoms with E-state index in [1.807, 2.05) is 49.4 Å². The fourth-order valence-corrected chi connectivity index (χ4v) is 2.49. The van der Waals surface area contributed by atoms with Gasteiger partial charge in [-0.15, -0.1) is 0 Å². The number of hydrogen-bond acceptors (Lipinski definition) is 1. The van der Waals surface area contributed by atoms with Gasteiger partial charge in [0.2, 0.25) is 5.91 Å². The van der Waals surface area contributed by atoms with Gasteiger partial charge in [-0.1, -0.05) is 39.7 Å². The zero-order valence-electron chi connectivity index (χ0n) is 11.1. The van der Waals surface area contributed by atoms with Gasteiger partial charge in [-0.2, -0.15) is 0 Å². The second-order valence-electron chi connectivity index (χ2n) is 4.63. The predicted octanol–water partition coefficient (Wildman–Crippen LogP) is 4.98. The van der Waals surface area contributed by atoms with Crippen LogP contribution in [0.5, 0.6) is 0 Å². The molecule has 0 heterocycles. The van der Waals surface area contributed by atoms with Crippen LogP contribution >= 0.6 is 27.5 Å². The van der Waals surface area contributed by atoms with Crippen molar-refractivity contribution in [3.8, 4) is 0 Å². The van der Waals surface area contributed by atoms with Gasteiger partial charge in [0.25, 0.3) is 0 Å². The van der Waals surface area contributed by atoms with Crippen molar-refractivity contribution in [2.75, 3.05) is 5.32 Å². The Bertz CT molecular complexity index is 610. The van der Waals surface area contributed by atoms with Crippen LogP contribution in [0.15, 0.2) is 46.9 Å². The van der Waals surface area contributed by atoms with E-state index in [2.05, 4.69) is 21.2 Å². The molecule has 4 heteroatoms. The van der Waals surface area contributed by atoms with Crippen LogP contribution in [0.3, 0.4) is 0 Å². The molecule has 0 aliphatic heterocycles. The number of carbonyl (C=O) groups is 1. The first-order chi connectivity index (χ1) is 9.54. The Kier molecular flexibility index (Phi) is 5.21. The molecule has 20 heavy (non-hydrogen) atoms. The third-order valence-corrected chi connectivity index (χ3v) is 3.76. The van der Waals surface area contributed by atoms with Gasteiger partial charge < -0.3 is 5.32 Å². The van der Waals surface area contributed by atoms with Crippen LogP contribution in [-0.4, -0.2) is 5.91 Å². The second kappa shape index (κ2) is 6.91. The molecule has 2 rings (SSSR count). The largest absolute Gasteiger partial charge is 0.326 e. The lowest BCUT2D eigenvalue weighted by Crippen LogP contribution is -2.13. The molecular weight excluding hydrogens is 338 g/mol. The Morgan fingerprint density at radius 1 is 1.20 bits per heavy atom. The number of hydrogen-bond donors (Lipinski definition) is 1. The molecule has 0 saturated carbocycles. The van der Waals surface area contributed by atoms with Crippen molar-refractivity contribution in [2.24, 2.45) is 0 Å². The van der Waals surface area contributed by atoms with E-state index in [4.69, 9.17) is 11.6 Å². The van der Waals surface area contributed by atoms with Gasteiger partial charge >= 0.3 is 0 Å². The van der Waals surface area contributed by atoms with Gasteiger partial charge in [0.05, 0.1) is 0 Å². The lowest BCUT2D eigenvalue weighted by atomic mass is 10.1. The molecule has 0 saturated heterocycles. The minimum absolute atomic E-state index is 0.0189. The number of rotatable bonds is 4. The zero-order valence-corrected chi connectivity index (χ0v) is 13.5. The number of halogens is 2. The van der Waals surface area contributed by atoms with Crippen LogP contribution in [0.25, 0.3) is 0 Å². The van der Waals surface area contributed by atoms with Gasteiger partial charge in [0.1, 0.15) is 0 Å². The summed E-state index contributed by atoms with van der Waals surface area (Å²) >= 11 is 9.23. The van der Waals surface area contributed by atoms with Crippen molar-refractivity contribution < 1.29 is 4.79 Å². The molecular formula is C16H15BrClNO. The summed E-state index contributed by atoms with van der Waals surface area (Å²) in [6, 6.07) is 13.4. The van der Waals surface area contributed by atoms with Crippen LogP contribution in [0, 0.1) is 6.92 Å². The van der Waals surface area contributed by atoms with Crippen LogP contribution < -0.4 is 5.32 Å². The third-order valence-electron chi connectivity index (χ3n) is 3.02. The van der Waals surface area contributed by atoms with Gasteiger partial charge in [-0.3, -0.25) is 4.79 Å². The molecule has 0 unspecified atom stereocenters. The lowest BCUT2D eigenvalue weighted by Gasteiger charge is -2.09. The summed E-state index contributed by atoms with van der Waals surface area (Å²) in [5.41, 5.74) is 3.01. The fourth-order valence-electron chi connectivity index (χ4n) is 1.89. The van der Waals surface area contributed by atoms with Crippen molar-refractivity contribution in [1.29, 1.82) is 0 Å². The molecule has 0 spiro atoms. The van der Waals surface area contributed by atoms with E-state index in [0.29, 0.717) is 17.9 Å². The average Bonchev–Trinajstić information content (AvgIpc) is 2.41. The normalized spacial score (nSPS) is 10.3. The van der Waals surface area contributed by atoms with Gasteiger partial charge in [0, 0.05) is 21.6 Å². The Morgan fingerprint density at radius 3 is 2.55 bits per heavy atom. The van der Waals surface area contributed by atoms with E-state index in [1.54, 1.807) is 0 Å². The molecule has 0 aromatic heterocycles. The summed E-state index contributed by atoms with van der Waals surface area (Å²) in [5, 5.41) is 3.64. The summed E-state index contributed by atoms with van der Waals surface area (Å²) < 4.78 is 1.01. The highest BCUT2D eigenvalue weighted by Crippen LogP contribution is 2.20. The van der Waals surface area contributed by atoms with Crippen molar-refractivity contribution >= 4 is 39.1 Å². The first-order valence-electron chi connectivity index (χ1n) is 6.35. The first kappa shape index (κ1) is 15.1. The summed E-state index contributed by atoms with van der Waals surface area (Å²) in [6.07, 6.45) is 1.16. The van der Waals surface area contributed by atoms with Gasteiger partial charge in [0.15, 0.2) is 0 Å². The number of amides is 1. The van der Waals surface area contributed by atoms with Crippen LogP contribution in [-0.2, 0) is 11.2 Å². The molecule has 1 N–H and O–H groups in total. The van der Waals surface area contributed by atoms with Crippen molar-refractivity contribution in [3.63, 3.8) is 0 Å². The minimum Gasteiger partial charge on any atom is -0.326 e. The molecule has 2 aromatic rings. The number of anilines is 1. The molecule has 0 fully saturated rings. The number of benzene rings is 2. The summed E-state index contributed by atoms with van der Waals surface area (Å²) in [5.74, 6) is 0.0189. The molecule has 104 valence electrons. The van der Waals surface area contributed by atoms with E-state index in [0.717, 1.165) is 21.3 Å². The fraction of sp³-hybridized carbons (Fsp3) is 0.188. The molecule has 0 bridgehead atoms. The first-order valence-corrected chi connectivity index (χ1v) is 7.52. The molecule has 0 radical (unpaired) electrons. The highest BCUT2D eigenvalue weighted by molar-refractivity contribution is 9.10. The quantitative estimate of drug-likeness (QED) is 0.826. The predicted molar refractivity (Wildman–Crippen MR) is 87.3 cm³/mol. The van der Waals surface area contributed by atoms with Crippen LogP contribution in [0.4, 0.5) is 5.69 Å². The number of aryl methyl sites for hydroxylation is 2. The standard InChI is InChI=1S/C16H15BrClNO/c1-11-10-13(17)5-8-15(11)19-16(20)9-4-12-2-6-14(18)7-3-12/h2-3,5-8,10H,4,9H2,1H3,(H,19,20). The second-order valence-corrected chi connectivity index (χ2v) is 5.99. The lowest BCUT2D eigenvalue weighted by molar-refractivity contribution is -0.116. The van der Waals surface area contributed by atoms with Crippen molar-refractivity contribution in [3.05, 3.63) is 63.1 Å². The van der Waals surface area contributed by atoms with E-state index < -0.39 is 0 Å². The Labute approximate surface area is 132 Å². The maximum atomic E-state index is 11.9. The van der Waals surface area contributed by atoms with E-state index in [1.165, 1.54) is 0 Å². The SMILES string of the molecule is Cc1cc(Br)ccc1NC(=O)CCc1ccc(Cl)cc1. The molecule has 0 atom stereocenters. The highest BCUT2D eigenvalue weighted by Gasteiger charge is 2.05. The Hall–Kier alpha value is -1.32. The van der Waals surface area contributed by atoms with Gasteiger partial charge in [-0.25, -0.2) is 0 Å². The van der Waals surface area contributed by atoms with Crippen LogP contribution in [0.2, 0.25) is 5.02 Å². The number of nitrogens with one attached hydrogen (secondary N) is 1. The smallest absolute Gasteiger partial charge is 0.224 e. The van der Waals surface area contributed by atoms with Crippen molar-refractivity contribution in [2.45, 2.75) is 19.8 Å². The summed E-state index contributed by atoms with van der Waals surface area (Å²) in [7, 11) is 0. The van der Waals surface area contributed by atoms with E-state index in [9.17, 15) is 4.79 Å². The molecule has 2 nitrogen and oxygen atoms in total. The maximum Gasteiger partial charge on any atom is 0.224 e. The summed E-state index contributed by atoms with van der Waals surface area (Å²) in [6.45, 7) is 1.97. The average molecular weight is 353 g/mol. The molecule has 1 amide bonds. The molecule has 0 aliphatic carbocycles. The van der Waals surface area contributed by atoms with Crippen LogP contribution in [0.1, 0.15) is 17.5 Å². The van der Waals surface area contributed by atoms with E-state index >= 15 is 0 Å². The summed E-state index contributed by atoms with van der Waals surface area (Å²) in [4.78, 5) is 11.9. The topological polar surface area (TPSA) is 29.1 Å². The van der Waals surface area contributed by atoms with Crippen molar-refractivity contribution in [1.82, 2.24) is 0 Å². The monoisotopic (exact) mass is 351 g/mol.